The van der Waals surface area contributed by atoms with Crippen molar-refractivity contribution in [2.24, 2.45) is 0 Å². The van der Waals surface area contributed by atoms with Crippen LogP contribution in [0.2, 0.25) is 0 Å². The van der Waals surface area contributed by atoms with Crippen molar-refractivity contribution in [2.75, 3.05) is 31.6 Å². The van der Waals surface area contributed by atoms with E-state index in [-0.39, 0.29) is 11.8 Å². The first kappa shape index (κ1) is 18.1. The highest BCUT2D eigenvalue weighted by Gasteiger charge is 2.26. The lowest BCUT2D eigenvalue weighted by Crippen LogP contribution is -2.41. The molecule has 7 nitrogen and oxygen atoms in total. The molecule has 1 N–H and O–H groups in total. The van der Waals surface area contributed by atoms with Gasteiger partial charge in [-0.15, -0.1) is 0 Å². The van der Waals surface area contributed by atoms with E-state index in [1.54, 1.807) is 21.7 Å². The van der Waals surface area contributed by atoms with Gasteiger partial charge >= 0.3 is 0 Å². The van der Waals surface area contributed by atoms with Crippen molar-refractivity contribution < 1.29 is 14.3 Å². The van der Waals surface area contributed by atoms with E-state index < -0.39 is 0 Å². The number of nitrogens with zero attached hydrogens (tertiary/aromatic N) is 3. The molecule has 1 aromatic heterocycles. The molecule has 0 bridgehead atoms. The van der Waals surface area contributed by atoms with Crippen LogP contribution < -0.4 is 5.32 Å². The molecule has 26 heavy (non-hydrogen) atoms. The number of amides is 2. The third-order valence-electron chi connectivity index (χ3n) is 4.51. The van der Waals surface area contributed by atoms with E-state index in [2.05, 4.69) is 17.3 Å². The van der Waals surface area contributed by atoms with E-state index in [1.165, 1.54) is 11.8 Å². The summed E-state index contributed by atoms with van der Waals surface area (Å²) in [5, 5.41) is 7.09. The second-order valence-electron chi connectivity index (χ2n) is 6.13. The van der Waals surface area contributed by atoms with Crippen LogP contribution in [0.25, 0.3) is 0 Å². The lowest BCUT2D eigenvalue weighted by Gasteiger charge is -2.27. The molecular weight excluding hydrogens is 332 g/mol. The summed E-state index contributed by atoms with van der Waals surface area (Å²) in [5.41, 5.74) is 2.57. The van der Waals surface area contributed by atoms with E-state index in [0.29, 0.717) is 49.8 Å². The molecule has 2 amide bonds. The van der Waals surface area contributed by atoms with Crippen LogP contribution in [0.4, 0.5) is 5.69 Å². The molecule has 1 saturated heterocycles. The summed E-state index contributed by atoms with van der Waals surface area (Å²) in [6, 6.07) is 7.46. The maximum Gasteiger partial charge on any atom is 0.274 e. The van der Waals surface area contributed by atoms with Crippen molar-refractivity contribution in [3.05, 3.63) is 47.3 Å². The number of aromatic nitrogens is 2. The Kier molecular flexibility index (Phi) is 5.68. The number of hydrogen-bond acceptors (Lipinski definition) is 4. The van der Waals surface area contributed by atoms with Gasteiger partial charge in [0.15, 0.2) is 0 Å². The van der Waals surface area contributed by atoms with Crippen molar-refractivity contribution in [1.29, 1.82) is 0 Å². The molecule has 2 heterocycles. The van der Waals surface area contributed by atoms with Crippen molar-refractivity contribution in [1.82, 2.24) is 14.7 Å². The van der Waals surface area contributed by atoms with Crippen LogP contribution in [-0.4, -0.2) is 52.8 Å². The zero-order chi connectivity index (χ0) is 18.5. The third-order valence-corrected chi connectivity index (χ3v) is 4.51. The van der Waals surface area contributed by atoms with Gasteiger partial charge in [0, 0.05) is 25.2 Å². The minimum atomic E-state index is -0.251. The first-order valence-corrected chi connectivity index (χ1v) is 8.97. The Morgan fingerprint density at radius 3 is 2.46 bits per heavy atom. The molecule has 7 heteroatoms. The van der Waals surface area contributed by atoms with E-state index in [9.17, 15) is 9.59 Å². The molecule has 1 aliphatic rings. The number of nitrogens with one attached hydrogen (secondary N) is 1. The van der Waals surface area contributed by atoms with Crippen LogP contribution in [0, 0.1) is 0 Å². The van der Waals surface area contributed by atoms with Gasteiger partial charge in [-0.2, -0.15) is 5.10 Å². The molecule has 138 valence electrons. The standard InChI is InChI=1S/C19H24N4O3/c1-3-14-5-7-15(8-6-14)18(24)21-16-13-20-23(4-2)17(16)19(25)22-9-11-26-12-10-22/h5-8,13H,3-4,9-12H2,1-2H3,(H,21,24). The van der Waals surface area contributed by atoms with Crippen molar-refractivity contribution in [3.63, 3.8) is 0 Å². The van der Waals surface area contributed by atoms with Gasteiger partial charge in [-0.05, 0) is 31.0 Å². The van der Waals surface area contributed by atoms with Gasteiger partial charge in [-0.25, -0.2) is 0 Å². The molecule has 0 aliphatic carbocycles. The van der Waals surface area contributed by atoms with Crippen molar-refractivity contribution >= 4 is 17.5 Å². The molecule has 3 rings (SSSR count). The minimum Gasteiger partial charge on any atom is -0.378 e. The Morgan fingerprint density at radius 1 is 1.15 bits per heavy atom. The predicted octanol–water partition coefficient (Wildman–Crippen LogP) is 2.19. The second-order valence-corrected chi connectivity index (χ2v) is 6.13. The fourth-order valence-electron chi connectivity index (χ4n) is 2.94. The smallest absolute Gasteiger partial charge is 0.274 e. The van der Waals surface area contributed by atoms with E-state index in [4.69, 9.17) is 4.74 Å². The molecule has 2 aromatic rings. The van der Waals surface area contributed by atoms with Gasteiger partial charge in [-0.1, -0.05) is 19.1 Å². The summed E-state index contributed by atoms with van der Waals surface area (Å²) in [5.74, 6) is -0.386. The van der Waals surface area contributed by atoms with Gasteiger partial charge < -0.3 is 15.0 Å². The van der Waals surface area contributed by atoms with Gasteiger partial charge in [0.2, 0.25) is 0 Å². The van der Waals surface area contributed by atoms with Gasteiger partial charge in [0.25, 0.3) is 11.8 Å². The number of rotatable bonds is 5. The maximum atomic E-state index is 12.9. The van der Waals surface area contributed by atoms with Crippen LogP contribution in [0.1, 0.15) is 40.3 Å². The summed E-state index contributed by atoms with van der Waals surface area (Å²) in [4.78, 5) is 27.2. The number of hydrogen-bond donors (Lipinski definition) is 1. The van der Waals surface area contributed by atoms with Crippen LogP contribution >= 0.6 is 0 Å². The average Bonchev–Trinajstić information content (AvgIpc) is 3.10. The largest absolute Gasteiger partial charge is 0.378 e. The Bertz CT molecular complexity index is 777. The molecule has 0 atom stereocenters. The van der Waals surface area contributed by atoms with Crippen LogP contribution in [0.5, 0.6) is 0 Å². The zero-order valence-corrected chi connectivity index (χ0v) is 15.2. The van der Waals surface area contributed by atoms with Crippen LogP contribution in [0.15, 0.2) is 30.5 Å². The number of aryl methyl sites for hydroxylation is 2. The van der Waals surface area contributed by atoms with Gasteiger partial charge in [-0.3, -0.25) is 14.3 Å². The first-order valence-electron chi connectivity index (χ1n) is 8.97. The third kappa shape index (κ3) is 3.77. The first-order chi connectivity index (χ1) is 12.6. The van der Waals surface area contributed by atoms with Gasteiger partial charge in [0.1, 0.15) is 5.69 Å². The predicted molar refractivity (Wildman–Crippen MR) is 98.4 cm³/mol. The number of benzene rings is 1. The lowest BCUT2D eigenvalue weighted by atomic mass is 10.1. The summed E-state index contributed by atoms with van der Waals surface area (Å²) >= 11 is 0. The van der Waals surface area contributed by atoms with Crippen LogP contribution in [-0.2, 0) is 17.7 Å². The fourth-order valence-corrected chi connectivity index (χ4v) is 2.94. The summed E-state index contributed by atoms with van der Waals surface area (Å²) in [6.45, 7) is 6.66. The Hall–Kier alpha value is -2.67. The second kappa shape index (κ2) is 8.14. The van der Waals surface area contributed by atoms with Crippen molar-refractivity contribution in [3.8, 4) is 0 Å². The highest BCUT2D eigenvalue weighted by Crippen LogP contribution is 2.19. The molecule has 0 saturated carbocycles. The highest BCUT2D eigenvalue weighted by atomic mass is 16.5. The number of anilines is 1. The highest BCUT2D eigenvalue weighted by molar-refractivity contribution is 6.08. The molecule has 0 unspecified atom stereocenters. The number of carbonyl (C=O) groups excluding carboxylic acids is 2. The monoisotopic (exact) mass is 356 g/mol. The van der Waals surface area contributed by atoms with E-state index in [1.807, 2.05) is 19.1 Å². The molecule has 1 aromatic carbocycles. The Morgan fingerprint density at radius 2 is 1.85 bits per heavy atom. The molecule has 0 radical (unpaired) electrons. The number of ether oxygens (including phenoxy) is 1. The SMILES string of the molecule is CCc1ccc(C(=O)Nc2cnn(CC)c2C(=O)N2CCOCC2)cc1. The molecule has 1 fully saturated rings. The summed E-state index contributed by atoms with van der Waals surface area (Å²) < 4.78 is 6.93. The molecule has 1 aliphatic heterocycles. The van der Waals surface area contributed by atoms with Crippen LogP contribution in [0.3, 0.4) is 0 Å². The normalized spacial score (nSPS) is 14.3. The lowest BCUT2D eigenvalue weighted by molar-refractivity contribution is 0.0295. The quantitative estimate of drug-likeness (QED) is 0.891. The van der Waals surface area contributed by atoms with Crippen molar-refractivity contribution in [2.45, 2.75) is 26.8 Å². The average molecular weight is 356 g/mol. The number of carbonyl (C=O) groups is 2. The maximum absolute atomic E-state index is 12.9. The summed E-state index contributed by atoms with van der Waals surface area (Å²) in [6.07, 6.45) is 2.46. The topological polar surface area (TPSA) is 76.5 Å². The Balaban J connectivity index is 1.82. The molecule has 0 spiro atoms. The van der Waals surface area contributed by atoms with Gasteiger partial charge in [0.05, 0.1) is 25.1 Å². The van der Waals surface area contributed by atoms with E-state index >= 15 is 0 Å². The van der Waals surface area contributed by atoms with E-state index in [0.717, 1.165) is 6.42 Å². The zero-order valence-electron chi connectivity index (χ0n) is 15.2. The minimum absolute atomic E-state index is 0.135. The molecular formula is C19H24N4O3. The summed E-state index contributed by atoms with van der Waals surface area (Å²) in [7, 11) is 0. The number of morpholine rings is 1. The Labute approximate surface area is 152 Å². The fraction of sp³-hybridized carbons (Fsp3) is 0.421.